The molecule has 6 atom stereocenters. The highest BCUT2D eigenvalue weighted by Crippen LogP contribution is 2.48. The number of amides is 2. The van der Waals surface area contributed by atoms with Gasteiger partial charge in [-0.1, -0.05) is 20.8 Å². The molecule has 6 unspecified atom stereocenters. The summed E-state index contributed by atoms with van der Waals surface area (Å²) >= 11 is 0. The molecule has 5 heterocycles. The summed E-state index contributed by atoms with van der Waals surface area (Å²) in [6, 6.07) is 10.1. The van der Waals surface area contributed by atoms with Crippen molar-refractivity contribution in [2.75, 3.05) is 20.3 Å². The van der Waals surface area contributed by atoms with E-state index in [0.29, 0.717) is 48.1 Å². The highest BCUT2D eigenvalue weighted by atomic mass is 16.5. The summed E-state index contributed by atoms with van der Waals surface area (Å²) in [4.78, 5) is 37.2. The average molecular weight is 630 g/mol. The van der Waals surface area contributed by atoms with Crippen LogP contribution in [0.25, 0.3) is 28.1 Å². The number of rotatable bonds is 12. The maximum absolute atomic E-state index is 13.9. The third-order valence-electron chi connectivity index (χ3n) is 10.4. The van der Waals surface area contributed by atoms with Gasteiger partial charge in [0.15, 0.2) is 5.88 Å². The highest BCUT2D eigenvalue weighted by Gasteiger charge is 2.47. The van der Waals surface area contributed by atoms with Gasteiger partial charge in [-0.25, -0.2) is 9.97 Å². The third-order valence-corrected chi connectivity index (χ3v) is 10.4. The Bertz CT molecular complexity index is 1780. The molecule has 4 aromatic rings. The molecule has 2 aliphatic rings. The van der Waals surface area contributed by atoms with E-state index in [1.54, 1.807) is 7.11 Å². The average Bonchev–Trinajstić information content (AvgIpc) is 3.28. The Labute approximate surface area is 270 Å². The minimum Gasteiger partial charge on any atom is -0.482 e. The summed E-state index contributed by atoms with van der Waals surface area (Å²) in [5, 5.41) is 1.05. The Kier molecular flexibility index (Phi) is 8.82. The number of nitrogens with zero attached hydrogens (tertiary/aromatic N) is 5. The number of hydrogen-bond donors (Lipinski definition) is 2. The number of pyridine rings is 2. The molecule has 46 heavy (non-hydrogen) atoms. The summed E-state index contributed by atoms with van der Waals surface area (Å²) in [7, 11) is 1.62. The molecule has 1 saturated heterocycles. The summed E-state index contributed by atoms with van der Waals surface area (Å²) in [6.45, 7) is 12.2. The molecule has 4 N–H and O–H groups in total. The van der Waals surface area contributed by atoms with E-state index in [2.05, 4.69) is 43.5 Å². The molecule has 11 heteroatoms. The predicted molar refractivity (Wildman–Crippen MR) is 178 cm³/mol. The van der Waals surface area contributed by atoms with Crippen LogP contribution in [0.1, 0.15) is 68.7 Å². The first-order valence-corrected chi connectivity index (χ1v) is 16.6. The molecular weight excluding hydrogens is 582 g/mol. The molecule has 0 bridgehead atoms. The third kappa shape index (κ3) is 5.64. The van der Waals surface area contributed by atoms with Gasteiger partial charge in [-0.3, -0.25) is 14.0 Å². The van der Waals surface area contributed by atoms with E-state index >= 15 is 0 Å². The molecule has 0 radical (unpaired) electrons. The number of fused-ring (bicyclic) bond motifs is 2. The number of nitrogens with two attached hydrogens (primary N) is 2. The molecule has 2 fully saturated rings. The Hall–Kier alpha value is -3.96. The van der Waals surface area contributed by atoms with E-state index in [4.69, 9.17) is 30.9 Å². The van der Waals surface area contributed by atoms with Gasteiger partial charge < -0.3 is 30.4 Å². The fourth-order valence-corrected chi connectivity index (χ4v) is 7.38. The minimum atomic E-state index is -0.349. The van der Waals surface area contributed by atoms with Gasteiger partial charge in [0.1, 0.15) is 17.0 Å². The quantitative estimate of drug-likeness (QED) is 0.222. The topological polar surface area (TPSA) is 143 Å². The van der Waals surface area contributed by atoms with Gasteiger partial charge in [0, 0.05) is 53.8 Å². The van der Waals surface area contributed by atoms with Gasteiger partial charge in [0.25, 0.3) is 5.91 Å². The van der Waals surface area contributed by atoms with Crippen molar-refractivity contribution >= 4 is 28.5 Å². The Morgan fingerprint density at radius 1 is 1.09 bits per heavy atom. The number of aromatic nitrogens is 4. The van der Waals surface area contributed by atoms with Crippen LogP contribution < -0.4 is 16.2 Å². The van der Waals surface area contributed by atoms with Crippen LogP contribution in [0.5, 0.6) is 5.88 Å². The zero-order chi connectivity index (χ0) is 32.9. The van der Waals surface area contributed by atoms with E-state index < -0.39 is 0 Å². The van der Waals surface area contributed by atoms with Crippen molar-refractivity contribution in [2.45, 2.75) is 85.0 Å². The lowest BCUT2D eigenvalue weighted by molar-refractivity contribution is -0.119. The van der Waals surface area contributed by atoms with Crippen LogP contribution in [-0.2, 0) is 22.5 Å². The zero-order valence-electron chi connectivity index (χ0n) is 27.8. The molecule has 0 spiro atoms. The normalized spacial score (nSPS) is 24.3. The van der Waals surface area contributed by atoms with E-state index in [1.807, 2.05) is 35.3 Å². The van der Waals surface area contributed by atoms with Crippen molar-refractivity contribution in [3.8, 4) is 17.3 Å². The first-order chi connectivity index (χ1) is 22.1. The Morgan fingerprint density at radius 2 is 1.87 bits per heavy atom. The van der Waals surface area contributed by atoms with Crippen LogP contribution in [0.2, 0.25) is 0 Å². The number of ether oxygens (including phenoxy) is 2. The lowest BCUT2D eigenvalue weighted by atomic mass is 10.1. The maximum atomic E-state index is 13.9. The Balaban J connectivity index is 1.39. The molecular formula is C35H47N7O4. The lowest BCUT2D eigenvalue weighted by Gasteiger charge is -2.28. The van der Waals surface area contributed by atoms with Gasteiger partial charge >= 0.3 is 0 Å². The first-order valence-electron chi connectivity index (χ1n) is 16.6. The molecule has 6 rings (SSSR count). The zero-order valence-corrected chi connectivity index (χ0v) is 27.8. The minimum absolute atomic E-state index is 0.0426. The summed E-state index contributed by atoms with van der Waals surface area (Å²) in [5.74, 6) is 1.41. The van der Waals surface area contributed by atoms with E-state index in [-0.39, 0.29) is 36.4 Å². The highest BCUT2D eigenvalue weighted by molar-refractivity contribution is 5.96. The van der Waals surface area contributed by atoms with Crippen molar-refractivity contribution in [1.29, 1.82) is 0 Å². The van der Waals surface area contributed by atoms with Crippen molar-refractivity contribution < 1.29 is 19.1 Å². The first kappa shape index (κ1) is 32.0. The number of carbonyl (C=O) groups is 2. The number of aryl methyl sites for hydroxylation is 2. The SMILES string of the molecule is CCc1ccc2cc(-c3nc4cc(C(=O)N5C(CC)CC(N)C5C)cc(OC)n4c3C)n(CC3C(C)C3COCCC(N)=O)c2n1. The molecule has 1 aliphatic carbocycles. The van der Waals surface area contributed by atoms with Gasteiger partial charge in [-0.15, -0.1) is 0 Å². The van der Waals surface area contributed by atoms with Gasteiger partial charge in [-0.2, -0.15) is 0 Å². The Morgan fingerprint density at radius 3 is 2.57 bits per heavy atom. The molecule has 4 aromatic heterocycles. The molecule has 2 amide bonds. The second-order valence-electron chi connectivity index (χ2n) is 13.1. The summed E-state index contributed by atoms with van der Waals surface area (Å²) in [6.07, 6.45) is 2.73. The number of primary amides is 1. The smallest absolute Gasteiger partial charge is 0.254 e. The summed E-state index contributed by atoms with van der Waals surface area (Å²) in [5.41, 5.74) is 17.5. The largest absolute Gasteiger partial charge is 0.482 e. The van der Waals surface area contributed by atoms with Crippen LogP contribution in [0.3, 0.4) is 0 Å². The van der Waals surface area contributed by atoms with Crippen molar-refractivity contribution in [3.05, 3.63) is 47.3 Å². The number of likely N-dealkylation sites (tertiary alicyclic amines) is 1. The number of imidazole rings is 1. The van der Waals surface area contributed by atoms with Crippen LogP contribution in [0.15, 0.2) is 30.3 Å². The van der Waals surface area contributed by atoms with Crippen molar-refractivity contribution in [2.24, 2.45) is 29.2 Å². The molecule has 0 aromatic carbocycles. The number of methoxy groups -OCH3 is 1. The molecule has 1 saturated carbocycles. The van der Waals surface area contributed by atoms with Crippen LogP contribution >= 0.6 is 0 Å². The molecule has 11 nitrogen and oxygen atoms in total. The van der Waals surface area contributed by atoms with Crippen molar-refractivity contribution in [3.63, 3.8) is 0 Å². The molecule has 246 valence electrons. The monoisotopic (exact) mass is 629 g/mol. The van der Waals surface area contributed by atoms with E-state index in [1.165, 1.54) is 0 Å². The van der Waals surface area contributed by atoms with Gasteiger partial charge in [-0.05, 0) is 75.1 Å². The van der Waals surface area contributed by atoms with Crippen LogP contribution in [0.4, 0.5) is 0 Å². The second kappa shape index (κ2) is 12.7. The number of carbonyl (C=O) groups excluding carboxylic acids is 2. The maximum Gasteiger partial charge on any atom is 0.254 e. The summed E-state index contributed by atoms with van der Waals surface area (Å²) < 4.78 is 15.9. The van der Waals surface area contributed by atoms with Crippen LogP contribution in [-0.4, -0.2) is 74.1 Å². The van der Waals surface area contributed by atoms with Crippen LogP contribution in [0, 0.1) is 24.7 Å². The molecule has 1 aliphatic heterocycles. The van der Waals surface area contributed by atoms with Gasteiger partial charge in [0.05, 0.1) is 31.7 Å². The number of hydrogen-bond acceptors (Lipinski definition) is 7. The standard InChI is InChI=1S/C35H47N7O4/c1-7-24-10-9-22-13-29(40(34(22)38-24)17-26-19(3)27(26)18-46-12-11-30(37)43)33-21(5)42-31(39-33)14-23(15-32(42)45-6)35(44)41-20(4)28(36)16-25(41)8-2/h9-10,13-15,19-20,25-28H,7-8,11-12,16-18,36H2,1-6H3,(H2,37,43). The fourth-order valence-electron chi connectivity index (χ4n) is 7.38. The second-order valence-corrected chi connectivity index (χ2v) is 13.1. The van der Waals surface area contributed by atoms with Crippen molar-refractivity contribution in [1.82, 2.24) is 23.8 Å². The van der Waals surface area contributed by atoms with Gasteiger partial charge in [0.2, 0.25) is 5.91 Å². The lowest BCUT2D eigenvalue weighted by Crippen LogP contribution is -2.43. The van der Waals surface area contributed by atoms with E-state index in [0.717, 1.165) is 59.6 Å². The fraction of sp³-hybridized carbons (Fsp3) is 0.543. The van der Waals surface area contributed by atoms with E-state index in [9.17, 15) is 9.59 Å². The predicted octanol–water partition coefficient (Wildman–Crippen LogP) is 4.34.